The predicted octanol–water partition coefficient (Wildman–Crippen LogP) is 2.36. The lowest BCUT2D eigenvalue weighted by atomic mass is 10.1. The fraction of sp³-hybridized carbons (Fsp3) is 0.357. The zero-order valence-corrected chi connectivity index (χ0v) is 13.5. The first-order chi connectivity index (χ1) is 9.61. The Labute approximate surface area is 126 Å². The molecule has 0 fully saturated rings. The minimum absolute atomic E-state index is 0.282. The molecule has 1 aromatic carbocycles. The van der Waals surface area contributed by atoms with Crippen LogP contribution in [-0.2, 0) is 6.42 Å². The highest BCUT2D eigenvalue weighted by Gasteiger charge is 2.13. The van der Waals surface area contributed by atoms with Crippen LogP contribution in [0.25, 0.3) is 10.9 Å². The third kappa shape index (κ3) is 3.71. The summed E-state index contributed by atoms with van der Waals surface area (Å²) in [6.07, 6.45) is 4.81. The Balaban J connectivity index is 2.29. The van der Waals surface area contributed by atoms with Gasteiger partial charge < -0.3 is 14.6 Å². The molecular weight excluding hydrogens is 292 g/mol. The van der Waals surface area contributed by atoms with Crippen molar-refractivity contribution in [2.45, 2.75) is 6.42 Å². The second kappa shape index (κ2) is 7.06. The number of aromatic amines is 1. The van der Waals surface area contributed by atoms with Crippen LogP contribution < -0.4 is 9.64 Å². The number of carbonyl (C=O) groups excluding carboxylic acids is 1. The van der Waals surface area contributed by atoms with Gasteiger partial charge >= 0.3 is 5.30 Å². The van der Waals surface area contributed by atoms with Crippen molar-refractivity contribution in [3.05, 3.63) is 30.0 Å². The minimum atomic E-state index is -0.282. The lowest BCUT2D eigenvalue weighted by Crippen LogP contribution is -3.05. The van der Waals surface area contributed by atoms with E-state index < -0.39 is 0 Å². The summed E-state index contributed by atoms with van der Waals surface area (Å²) >= 11 is 0. The molecule has 6 heteroatoms. The zero-order valence-electron chi connectivity index (χ0n) is 11.9. The van der Waals surface area contributed by atoms with Crippen LogP contribution in [0.4, 0.5) is 4.79 Å². The number of benzene rings is 1. The van der Waals surface area contributed by atoms with Crippen molar-refractivity contribution in [2.24, 2.45) is 0 Å². The van der Waals surface area contributed by atoms with Gasteiger partial charge in [-0.2, -0.15) is 0 Å². The third-order valence-corrected chi connectivity index (χ3v) is 4.28. The number of hydrogen-bond acceptors (Lipinski definition) is 4. The maximum absolute atomic E-state index is 11.7. The lowest BCUT2D eigenvalue weighted by Gasteiger charge is -2.08. The monoisotopic (exact) mass is 311 g/mol. The maximum atomic E-state index is 11.7. The topological polar surface area (TPSA) is 46.5 Å². The molecule has 2 aromatic rings. The molecule has 108 valence electrons. The molecule has 2 rings (SSSR count). The van der Waals surface area contributed by atoms with E-state index in [4.69, 9.17) is 4.74 Å². The van der Waals surface area contributed by atoms with Crippen LogP contribution >= 0.6 is 21.6 Å². The van der Waals surface area contributed by atoms with Crippen molar-refractivity contribution in [3.63, 3.8) is 0 Å². The predicted molar refractivity (Wildman–Crippen MR) is 86.8 cm³/mol. The van der Waals surface area contributed by atoms with Gasteiger partial charge in [0.1, 0.15) is 5.75 Å². The number of ether oxygens (including phenoxy) is 1. The van der Waals surface area contributed by atoms with Gasteiger partial charge in [0.05, 0.1) is 20.6 Å². The average molecular weight is 311 g/mol. The van der Waals surface area contributed by atoms with Crippen molar-refractivity contribution in [2.75, 3.05) is 26.9 Å². The molecule has 2 N–H and O–H groups in total. The number of H-pyrrole nitrogens is 1. The molecule has 1 aromatic heterocycles. The van der Waals surface area contributed by atoms with Gasteiger partial charge in [-0.05, 0) is 24.0 Å². The number of likely N-dealkylation sites (N-methyl/N-ethyl adjacent to an activating group) is 1. The van der Waals surface area contributed by atoms with E-state index in [0.717, 1.165) is 34.7 Å². The molecule has 1 heterocycles. The lowest BCUT2D eigenvalue weighted by molar-refractivity contribution is -0.858. The van der Waals surface area contributed by atoms with Gasteiger partial charge in [-0.3, -0.25) is 0 Å². The van der Waals surface area contributed by atoms with Gasteiger partial charge in [0.25, 0.3) is 0 Å². The van der Waals surface area contributed by atoms with E-state index in [1.807, 2.05) is 30.7 Å². The molecule has 0 unspecified atom stereocenters. The molecule has 20 heavy (non-hydrogen) atoms. The molecule has 0 bridgehead atoms. The minimum Gasteiger partial charge on any atom is -0.417 e. The molecule has 0 saturated heterocycles. The molecule has 0 aliphatic heterocycles. The van der Waals surface area contributed by atoms with E-state index in [-0.39, 0.29) is 5.30 Å². The highest BCUT2D eigenvalue weighted by Crippen LogP contribution is 2.31. The van der Waals surface area contributed by atoms with Crippen molar-refractivity contribution in [1.82, 2.24) is 4.98 Å². The van der Waals surface area contributed by atoms with Crippen LogP contribution in [0.1, 0.15) is 5.56 Å². The Morgan fingerprint density at radius 3 is 2.90 bits per heavy atom. The SMILES string of the molecule is CSSC(=O)Oc1cccc2[nH]cc(CC[NH+](C)C)c12. The quantitative estimate of drug-likeness (QED) is 0.657. The fourth-order valence-electron chi connectivity index (χ4n) is 2.06. The number of nitrogens with one attached hydrogen (secondary N) is 2. The van der Waals surface area contributed by atoms with Gasteiger partial charge in [0.15, 0.2) is 0 Å². The normalized spacial score (nSPS) is 11.2. The van der Waals surface area contributed by atoms with Crippen molar-refractivity contribution in [3.8, 4) is 5.75 Å². The van der Waals surface area contributed by atoms with E-state index in [9.17, 15) is 4.79 Å². The van der Waals surface area contributed by atoms with Crippen molar-refractivity contribution in [1.29, 1.82) is 0 Å². The summed E-state index contributed by atoms with van der Waals surface area (Å²) in [6, 6.07) is 5.74. The molecule has 0 saturated carbocycles. The van der Waals surface area contributed by atoms with Crippen LogP contribution in [0.5, 0.6) is 5.75 Å². The summed E-state index contributed by atoms with van der Waals surface area (Å²) in [5.74, 6) is 0.638. The Morgan fingerprint density at radius 2 is 2.20 bits per heavy atom. The number of aromatic nitrogens is 1. The summed E-state index contributed by atoms with van der Waals surface area (Å²) < 4.78 is 5.45. The van der Waals surface area contributed by atoms with Crippen LogP contribution in [0.15, 0.2) is 24.4 Å². The average Bonchev–Trinajstić information content (AvgIpc) is 2.81. The van der Waals surface area contributed by atoms with Gasteiger partial charge in [-0.1, -0.05) is 16.9 Å². The number of carbonyl (C=O) groups is 1. The smallest absolute Gasteiger partial charge is 0.383 e. The van der Waals surface area contributed by atoms with Gasteiger partial charge in [0, 0.05) is 34.3 Å². The first kappa shape index (κ1) is 15.3. The molecule has 0 radical (unpaired) electrons. The standard InChI is InChI=1S/C14H18N2O2S2/c1-16(2)8-7-10-9-15-11-5-4-6-12(13(10)11)18-14(17)20-19-3/h4-6,9,15H,7-8H2,1-3H3/p+1. The molecular formula is C14H19N2O2S2+. The summed E-state index contributed by atoms with van der Waals surface area (Å²) in [7, 11) is 6.75. The maximum Gasteiger partial charge on any atom is 0.383 e. The number of quaternary nitrogens is 1. The van der Waals surface area contributed by atoms with Gasteiger partial charge in [-0.25, -0.2) is 4.79 Å². The number of hydrogen-bond donors (Lipinski definition) is 2. The van der Waals surface area contributed by atoms with E-state index in [0.29, 0.717) is 5.75 Å². The Kier molecular flexibility index (Phi) is 5.39. The number of fused-ring (bicyclic) bond motifs is 1. The highest BCUT2D eigenvalue weighted by molar-refractivity contribution is 8.81. The van der Waals surface area contributed by atoms with Crippen LogP contribution in [-0.4, -0.2) is 37.2 Å². The molecule has 0 amide bonds. The molecule has 0 atom stereocenters. The van der Waals surface area contributed by atoms with Crippen molar-refractivity contribution >= 4 is 37.8 Å². The molecule has 4 nitrogen and oxygen atoms in total. The zero-order chi connectivity index (χ0) is 14.5. The van der Waals surface area contributed by atoms with E-state index in [2.05, 4.69) is 19.1 Å². The van der Waals surface area contributed by atoms with E-state index in [1.54, 1.807) is 0 Å². The summed E-state index contributed by atoms with van der Waals surface area (Å²) in [6.45, 7) is 1.04. The van der Waals surface area contributed by atoms with E-state index in [1.165, 1.54) is 21.3 Å². The molecule has 0 spiro atoms. The Morgan fingerprint density at radius 1 is 1.40 bits per heavy atom. The van der Waals surface area contributed by atoms with Gasteiger partial charge in [0.2, 0.25) is 0 Å². The van der Waals surface area contributed by atoms with Crippen LogP contribution in [0, 0.1) is 0 Å². The summed E-state index contributed by atoms with van der Waals surface area (Å²) in [4.78, 5) is 16.3. The number of rotatable bonds is 5. The summed E-state index contributed by atoms with van der Waals surface area (Å²) in [5.41, 5.74) is 2.20. The molecule has 0 aliphatic carbocycles. The fourth-order valence-corrected chi connectivity index (χ4v) is 2.83. The van der Waals surface area contributed by atoms with E-state index >= 15 is 0 Å². The van der Waals surface area contributed by atoms with Crippen molar-refractivity contribution < 1.29 is 14.4 Å². The Bertz CT molecular complexity index is 596. The first-order valence-electron chi connectivity index (χ1n) is 6.42. The highest BCUT2D eigenvalue weighted by atomic mass is 33.1. The molecule has 0 aliphatic rings. The Hall–Kier alpha value is -1.11. The first-order valence-corrected chi connectivity index (χ1v) is 8.98. The van der Waals surface area contributed by atoms with Crippen LogP contribution in [0.3, 0.4) is 0 Å². The largest absolute Gasteiger partial charge is 0.417 e. The third-order valence-electron chi connectivity index (χ3n) is 2.99. The second-order valence-corrected chi connectivity index (χ2v) is 7.14. The van der Waals surface area contributed by atoms with Crippen LogP contribution in [0.2, 0.25) is 0 Å². The second-order valence-electron chi connectivity index (χ2n) is 4.80. The van der Waals surface area contributed by atoms with Gasteiger partial charge in [-0.15, -0.1) is 0 Å². The summed E-state index contributed by atoms with van der Waals surface area (Å²) in [5, 5.41) is 0.735.